The van der Waals surface area contributed by atoms with Crippen LogP contribution in [-0.2, 0) is 14.4 Å². The third-order valence-electron chi connectivity index (χ3n) is 5.51. The molecule has 5 nitrogen and oxygen atoms in total. The molecule has 0 radical (unpaired) electrons. The first-order valence-electron chi connectivity index (χ1n) is 8.66. The lowest BCUT2D eigenvalue weighted by Crippen LogP contribution is -2.50. The number of Topliss-reactive ketones (excluding diaryl/α,β-unsaturated/α-hetero) is 1. The molecule has 1 N–H and O–H groups in total. The maximum atomic E-state index is 13.2. The van der Waals surface area contributed by atoms with E-state index in [4.69, 9.17) is 0 Å². The van der Waals surface area contributed by atoms with Gasteiger partial charge in [-0.25, -0.2) is 0 Å². The first-order chi connectivity index (χ1) is 11.7. The summed E-state index contributed by atoms with van der Waals surface area (Å²) in [5.74, 6) is -1.73. The molecule has 130 valence electrons. The highest BCUT2D eigenvalue weighted by atomic mass is 16.2. The molecule has 2 saturated heterocycles. The average Bonchev–Trinajstić information content (AvgIpc) is 3.01. The zero-order valence-corrected chi connectivity index (χ0v) is 14.9. The third kappa shape index (κ3) is 2.18. The van der Waals surface area contributed by atoms with Gasteiger partial charge in [0.25, 0.3) is 0 Å². The van der Waals surface area contributed by atoms with Gasteiger partial charge in [-0.05, 0) is 24.6 Å². The van der Waals surface area contributed by atoms with E-state index >= 15 is 0 Å². The number of nitrogens with zero attached hydrogens (tertiary/aromatic N) is 1. The minimum Gasteiger partial charge on any atom is -0.353 e. The summed E-state index contributed by atoms with van der Waals surface area (Å²) in [5.41, 5.74) is 2.49. The molecule has 0 saturated carbocycles. The highest BCUT2D eigenvalue weighted by Gasteiger charge is 2.62. The molecule has 1 aromatic carbocycles. The minimum atomic E-state index is -0.624. The fraction of sp³-hybridized carbons (Fsp3) is 0.450. The number of benzene rings is 1. The van der Waals surface area contributed by atoms with E-state index < -0.39 is 23.3 Å². The van der Waals surface area contributed by atoms with Gasteiger partial charge in [-0.1, -0.05) is 44.6 Å². The molecule has 3 heterocycles. The molecular weight excluding hydrogens is 316 g/mol. The number of hydrogen-bond donors (Lipinski definition) is 1. The van der Waals surface area contributed by atoms with E-state index in [1.165, 1.54) is 0 Å². The molecule has 3 aliphatic rings. The van der Waals surface area contributed by atoms with E-state index in [1.54, 1.807) is 0 Å². The fourth-order valence-electron chi connectivity index (χ4n) is 4.35. The van der Waals surface area contributed by atoms with Crippen molar-refractivity contribution in [1.29, 1.82) is 0 Å². The topological polar surface area (TPSA) is 66.5 Å². The Kier molecular flexibility index (Phi) is 3.24. The smallest absolute Gasteiger partial charge is 0.233 e. The molecule has 0 aromatic heterocycles. The van der Waals surface area contributed by atoms with Gasteiger partial charge in [0.1, 0.15) is 6.04 Å². The van der Waals surface area contributed by atoms with Crippen LogP contribution in [0.2, 0.25) is 0 Å². The fourth-order valence-corrected chi connectivity index (χ4v) is 4.35. The van der Waals surface area contributed by atoms with E-state index in [0.717, 1.165) is 16.8 Å². The molecule has 0 bridgehead atoms. The van der Waals surface area contributed by atoms with Crippen LogP contribution in [0.15, 0.2) is 24.3 Å². The highest BCUT2D eigenvalue weighted by molar-refractivity contribution is 6.11. The second-order valence-electron chi connectivity index (χ2n) is 8.28. The summed E-state index contributed by atoms with van der Waals surface area (Å²) >= 11 is 0. The monoisotopic (exact) mass is 338 g/mol. The van der Waals surface area contributed by atoms with Gasteiger partial charge in [0.15, 0.2) is 5.78 Å². The van der Waals surface area contributed by atoms with Gasteiger partial charge in [-0.15, -0.1) is 0 Å². The summed E-state index contributed by atoms with van der Waals surface area (Å²) < 4.78 is 0. The van der Waals surface area contributed by atoms with Gasteiger partial charge in [0, 0.05) is 11.1 Å². The van der Waals surface area contributed by atoms with Crippen LogP contribution in [0, 0.1) is 24.2 Å². The van der Waals surface area contributed by atoms with Gasteiger partial charge in [-0.2, -0.15) is 0 Å². The summed E-state index contributed by atoms with van der Waals surface area (Å²) in [6.45, 7) is 7.61. The summed E-state index contributed by atoms with van der Waals surface area (Å²) in [7, 11) is 0. The molecule has 2 fully saturated rings. The largest absolute Gasteiger partial charge is 0.353 e. The van der Waals surface area contributed by atoms with Gasteiger partial charge in [-0.3, -0.25) is 19.7 Å². The molecule has 2 amide bonds. The third-order valence-corrected chi connectivity index (χ3v) is 5.51. The Labute approximate surface area is 147 Å². The second-order valence-corrected chi connectivity index (χ2v) is 8.28. The molecule has 0 unspecified atom stereocenters. The summed E-state index contributed by atoms with van der Waals surface area (Å²) in [6.07, 6.45) is 3.97. The van der Waals surface area contributed by atoms with Crippen LogP contribution in [0.3, 0.4) is 0 Å². The summed E-state index contributed by atoms with van der Waals surface area (Å²) in [6, 6.07) is 5.18. The zero-order chi connectivity index (χ0) is 18.1. The maximum Gasteiger partial charge on any atom is 0.233 e. The quantitative estimate of drug-likeness (QED) is 0.796. The van der Waals surface area contributed by atoms with Crippen molar-refractivity contribution in [3.05, 3.63) is 35.4 Å². The Bertz CT molecular complexity index is 834. The van der Waals surface area contributed by atoms with Crippen molar-refractivity contribution >= 4 is 29.4 Å². The van der Waals surface area contributed by atoms with Crippen LogP contribution >= 0.6 is 0 Å². The molecule has 4 atom stereocenters. The summed E-state index contributed by atoms with van der Waals surface area (Å²) in [5, 5.41) is 2.43. The van der Waals surface area contributed by atoms with Crippen LogP contribution in [-0.4, -0.2) is 29.7 Å². The van der Waals surface area contributed by atoms with Crippen molar-refractivity contribution in [2.24, 2.45) is 17.3 Å². The molecular formula is C20H22N2O3. The minimum absolute atomic E-state index is 0.00308. The van der Waals surface area contributed by atoms with Crippen molar-refractivity contribution < 1.29 is 14.4 Å². The highest BCUT2D eigenvalue weighted by Crippen LogP contribution is 2.47. The van der Waals surface area contributed by atoms with Crippen LogP contribution in [0.25, 0.3) is 6.08 Å². The van der Waals surface area contributed by atoms with E-state index in [1.807, 2.05) is 56.9 Å². The Morgan fingerprint density at radius 2 is 1.80 bits per heavy atom. The number of rotatable bonds is 1. The van der Waals surface area contributed by atoms with E-state index in [9.17, 15) is 14.4 Å². The van der Waals surface area contributed by atoms with Crippen molar-refractivity contribution in [3.63, 3.8) is 0 Å². The van der Waals surface area contributed by atoms with Crippen LogP contribution in [0.1, 0.15) is 31.9 Å². The first-order valence-corrected chi connectivity index (χ1v) is 8.66. The van der Waals surface area contributed by atoms with Crippen LogP contribution < -0.4 is 10.2 Å². The van der Waals surface area contributed by atoms with Crippen molar-refractivity contribution in [2.75, 3.05) is 4.90 Å². The van der Waals surface area contributed by atoms with Crippen molar-refractivity contribution in [1.82, 2.24) is 5.32 Å². The number of hydrogen-bond acceptors (Lipinski definition) is 4. The number of amides is 2. The lowest BCUT2D eigenvalue weighted by Gasteiger charge is -2.38. The van der Waals surface area contributed by atoms with E-state index in [-0.39, 0.29) is 23.6 Å². The molecule has 4 rings (SSSR count). The Morgan fingerprint density at radius 3 is 2.48 bits per heavy atom. The van der Waals surface area contributed by atoms with Gasteiger partial charge in [0.2, 0.25) is 11.8 Å². The lowest BCUT2D eigenvalue weighted by molar-refractivity contribution is -0.132. The number of carbonyl (C=O) groups is 3. The zero-order valence-electron chi connectivity index (χ0n) is 14.9. The number of aryl methyl sites for hydroxylation is 1. The van der Waals surface area contributed by atoms with E-state index in [0.29, 0.717) is 0 Å². The number of nitrogens with one attached hydrogen (secondary N) is 1. The van der Waals surface area contributed by atoms with Crippen molar-refractivity contribution in [3.8, 4) is 0 Å². The second kappa shape index (κ2) is 5.04. The normalized spacial score (nSPS) is 30.0. The van der Waals surface area contributed by atoms with Gasteiger partial charge >= 0.3 is 0 Å². The lowest BCUT2D eigenvalue weighted by atomic mass is 9.79. The molecule has 5 heteroatoms. The number of ketones is 1. The number of anilines is 1. The molecule has 25 heavy (non-hydrogen) atoms. The predicted octanol–water partition coefficient (Wildman–Crippen LogP) is 2.08. The summed E-state index contributed by atoms with van der Waals surface area (Å²) in [4.78, 5) is 40.1. The van der Waals surface area contributed by atoms with Crippen molar-refractivity contribution in [2.45, 2.75) is 39.8 Å². The number of fused-ring (bicyclic) bond motifs is 5. The SMILES string of the molecule is Cc1ccc2c(c1)C=C[C@@H]1[C@@H]3C(=O)NC(=O)[C@@H]3[C@@H](C(=O)C(C)(C)C)N21. The Morgan fingerprint density at radius 1 is 1.12 bits per heavy atom. The van der Waals surface area contributed by atoms with Gasteiger partial charge < -0.3 is 4.90 Å². The average molecular weight is 338 g/mol. The molecule has 1 aromatic rings. The van der Waals surface area contributed by atoms with Crippen LogP contribution in [0.4, 0.5) is 5.69 Å². The molecule has 0 spiro atoms. The van der Waals surface area contributed by atoms with E-state index in [2.05, 4.69) is 11.4 Å². The number of imide groups is 1. The maximum absolute atomic E-state index is 13.2. The Hall–Kier alpha value is -2.43. The first kappa shape index (κ1) is 16.1. The van der Waals surface area contributed by atoms with Gasteiger partial charge in [0.05, 0.1) is 17.9 Å². The number of carbonyl (C=O) groups excluding carboxylic acids is 3. The van der Waals surface area contributed by atoms with Crippen LogP contribution in [0.5, 0.6) is 0 Å². The molecule has 0 aliphatic carbocycles. The Balaban J connectivity index is 1.90. The molecule has 3 aliphatic heterocycles. The standard InChI is InChI=1S/C20H22N2O3/c1-10-5-7-12-11(9-10)6-8-13-14-15(19(25)21-18(14)24)16(22(12)13)17(23)20(2,3)4/h5-9,13-16H,1-4H3,(H,21,24,25)/t13-,14+,15+,16+/m1/s1. The predicted molar refractivity (Wildman–Crippen MR) is 94.9 cm³/mol.